The Morgan fingerprint density at radius 1 is 2.00 bits per heavy atom. The summed E-state index contributed by atoms with van der Waals surface area (Å²) in [6.45, 7) is 0. The molecule has 2 atom stereocenters. The zero-order valence-electron chi connectivity index (χ0n) is 4.70. The molecule has 0 aromatic heterocycles. The second kappa shape index (κ2) is 2.30. The standard InChI is InChI=1S/C4H8N2O3/c5-2(4(7)8)1-3-6-9-3/h2-3,6H,1,5H2,(H,7,8)/t2-,3-/m0/s1. The van der Waals surface area contributed by atoms with Crippen LogP contribution >= 0.6 is 0 Å². The molecule has 0 radical (unpaired) electrons. The zero-order valence-corrected chi connectivity index (χ0v) is 4.70. The Morgan fingerprint density at radius 2 is 2.56 bits per heavy atom. The van der Waals surface area contributed by atoms with Gasteiger partial charge in [-0.05, 0) is 0 Å². The van der Waals surface area contributed by atoms with Gasteiger partial charge in [0.25, 0.3) is 0 Å². The molecule has 1 rings (SSSR count). The van der Waals surface area contributed by atoms with Crippen LogP contribution in [-0.4, -0.2) is 23.3 Å². The first kappa shape index (κ1) is 6.47. The first-order chi connectivity index (χ1) is 4.20. The van der Waals surface area contributed by atoms with Crippen LogP contribution in [-0.2, 0) is 9.63 Å². The fourth-order valence-electron chi connectivity index (χ4n) is 0.476. The minimum Gasteiger partial charge on any atom is -0.480 e. The summed E-state index contributed by atoms with van der Waals surface area (Å²) in [4.78, 5) is 14.6. The molecule has 0 aliphatic carbocycles. The van der Waals surface area contributed by atoms with E-state index in [2.05, 4.69) is 10.3 Å². The zero-order chi connectivity index (χ0) is 6.85. The van der Waals surface area contributed by atoms with Crippen molar-refractivity contribution in [2.45, 2.75) is 18.7 Å². The van der Waals surface area contributed by atoms with Crippen molar-refractivity contribution < 1.29 is 14.7 Å². The normalized spacial score (nSPS) is 27.4. The SMILES string of the molecule is N[C@@H](C[C@H]1NO1)C(=O)O. The van der Waals surface area contributed by atoms with E-state index in [9.17, 15) is 4.79 Å². The molecule has 4 N–H and O–H groups in total. The van der Waals surface area contributed by atoms with Gasteiger partial charge in [-0.15, -0.1) is 0 Å². The molecule has 0 amide bonds. The van der Waals surface area contributed by atoms with Crippen molar-refractivity contribution in [3.05, 3.63) is 0 Å². The lowest BCUT2D eigenvalue weighted by Gasteiger charge is -1.99. The monoisotopic (exact) mass is 132 g/mol. The van der Waals surface area contributed by atoms with Crippen LogP contribution < -0.4 is 11.2 Å². The maximum atomic E-state index is 10.1. The van der Waals surface area contributed by atoms with E-state index in [-0.39, 0.29) is 6.23 Å². The van der Waals surface area contributed by atoms with Crippen molar-refractivity contribution in [1.29, 1.82) is 0 Å². The average molecular weight is 132 g/mol. The van der Waals surface area contributed by atoms with Crippen molar-refractivity contribution in [3.63, 3.8) is 0 Å². The third-order valence-electron chi connectivity index (χ3n) is 1.07. The molecule has 52 valence electrons. The van der Waals surface area contributed by atoms with Gasteiger partial charge >= 0.3 is 5.97 Å². The summed E-state index contributed by atoms with van der Waals surface area (Å²) >= 11 is 0. The number of nitrogens with one attached hydrogen (secondary N) is 1. The van der Waals surface area contributed by atoms with Gasteiger partial charge in [0.1, 0.15) is 6.04 Å². The minimum atomic E-state index is -0.993. The molecular weight excluding hydrogens is 124 g/mol. The van der Waals surface area contributed by atoms with Gasteiger partial charge in [-0.2, -0.15) is 5.48 Å². The summed E-state index contributed by atoms with van der Waals surface area (Å²) in [6.07, 6.45) is 0.186. The summed E-state index contributed by atoms with van der Waals surface area (Å²) < 4.78 is 0. The number of nitrogens with two attached hydrogens (primary N) is 1. The highest BCUT2D eigenvalue weighted by Crippen LogP contribution is 2.06. The Kier molecular flexibility index (Phi) is 1.65. The maximum Gasteiger partial charge on any atom is 0.320 e. The molecule has 1 heterocycles. The third-order valence-corrected chi connectivity index (χ3v) is 1.07. The smallest absolute Gasteiger partial charge is 0.320 e. The number of rotatable bonds is 3. The lowest BCUT2D eigenvalue weighted by molar-refractivity contribution is -0.138. The minimum absolute atomic E-state index is 0.143. The van der Waals surface area contributed by atoms with Crippen LogP contribution in [0.4, 0.5) is 0 Å². The van der Waals surface area contributed by atoms with E-state index in [0.717, 1.165) is 0 Å². The average Bonchev–Trinajstić information content (AvgIpc) is 2.50. The molecule has 0 saturated carbocycles. The highest BCUT2D eigenvalue weighted by atomic mass is 16.8. The summed E-state index contributed by atoms with van der Waals surface area (Å²) in [7, 11) is 0. The van der Waals surface area contributed by atoms with Crippen LogP contribution in [0.2, 0.25) is 0 Å². The van der Waals surface area contributed by atoms with Gasteiger partial charge in [-0.3, -0.25) is 9.63 Å². The van der Waals surface area contributed by atoms with E-state index in [0.29, 0.717) is 6.42 Å². The summed E-state index contributed by atoms with van der Waals surface area (Å²) in [5.41, 5.74) is 7.61. The van der Waals surface area contributed by atoms with E-state index in [4.69, 9.17) is 10.8 Å². The van der Waals surface area contributed by atoms with Crippen molar-refractivity contribution >= 4 is 5.97 Å². The Hall–Kier alpha value is -0.650. The highest BCUT2D eigenvalue weighted by molar-refractivity contribution is 5.73. The van der Waals surface area contributed by atoms with Crippen LogP contribution in [0.15, 0.2) is 0 Å². The topological polar surface area (TPSA) is 97.8 Å². The number of aliphatic carboxylic acids is 1. The third kappa shape index (κ3) is 1.96. The predicted octanol–water partition coefficient (Wildman–Crippen LogP) is -1.35. The summed E-state index contributed by atoms with van der Waals surface area (Å²) in [5.74, 6) is -0.993. The largest absolute Gasteiger partial charge is 0.480 e. The number of carboxylic acids is 1. The summed E-state index contributed by atoms with van der Waals surface area (Å²) in [6, 6.07) is -0.815. The van der Waals surface area contributed by atoms with Crippen LogP contribution in [0, 0.1) is 0 Å². The quantitative estimate of drug-likeness (QED) is 0.412. The molecule has 0 aromatic carbocycles. The first-order valence-corrected chi connectivity index (χ1v) is 2.59. The van der Waals surface area contributed by atoms with Gasteiger partial charge < -0.3 is 10.8 Å². The van der Waals surface area contributed by atoms with E-state index in [1.54, 1.807) is 0 Å². The number of carboxylic acid groups (broad SMARTS) is 1. The van der Waals surface area contributed by atoms with Crippen LogP contribution in [0.3, 0.4) is 0 Å². The van der Waals surface area contributed by atoms with Gasteiger partial charge in [0.15, 0.2) is 6.23 Å². The van der Waals surface area contributed by atoms with Crippen molar-refractivity contribution in [2.24, 2.45) is 5.73 Å². The number of hydroxylamine groups is 1. The fourth-order valence-corrected chi connectivity index (χ4v) is 0.476. The molecule has 0 bridgehead atoms. The van der Waals surface area contributed by atoms with Crippen LogP contribution in [0.5, 0.6) is 0 Å². The molecule has 1 fully saturated rings. The van der Waals surface area contributed by atoms with Crippen molar-refractivity contribution in [3.8, 4) is 0 Å². The van der Waals surface area contributed by atoms with Gasteiger partial charge in [-0.1, -0.05) is 0 Å². The summed E-state index contributed by atoms with van der Waals surface area (Å²) in [5, 5.41) is 8.25. The molecule has 1 aliphatic rings. The predicted molar refractivity (Wildman–Crippen MR) is 28.2 cm³/mol. The second-order valence-electron chi connectivity index (χ2n) is 1.90. The van der Waals surface area contributed by atoms with Gasteiger partial charge in [-0.25, -0.2) is 0 Å². The highest BCUT2D eigenvalue weighted by Gasteiger charge is 2.27. The maximum absolute atomic E-state index is 10.1. The number of hydrogen-bond acceptors (Lipinski definition) is 4. The number of hydrogen-bond donors (Lipinski definition) is 3. The van der Waals surface area contributed by atoms with Crippen LogP contribution in [0.25, 0.3) is 0 Å². The lowest BCUT2D eigenvalue weighted by Crippen LogP contribution is -2.31. The van der Waals surface area contributed by atoms with E-state index >= 15 is 0 Å². The first-order valence-electron chi connectivity index (χ1n) is 2.59. The molecule has 1 saturated heterocycles. The molecule has 5 heteroatoms. The van der Waals surface area contributed by atoms with E-state index < -0.39 is 12.0 Å². The Balaban J connectivity index is 2.16. The Bertz CT molecular complexity index is 123. The van der Waals surface area contributed by atoms with Gasteiger partial charge in [0.2, 0.25) is 0 Å². The van der Waals surface area contributed by atoms with E-state index in [1.807, 2.05) is 0 Å². The molecule has 9 heavy (non-hydrogen) atoms. The Labute approximate surface area is 51.7 Å². The fraction of sp³-hybridized carbons (Fsp3) is 0.750. The lowest BCUT2D eigenvalue weighted by atomic mass is 10.2. The van der Waals surface area contributed by atoms with Crippen LogP contribution in [0.1, 0.15) is 6.42 Å². The molecule has 1 aliphatic heterocycles. The van der Waals surface area contributed by atoms with Gasteiger partial charge in [0.05, 0.1) is 0 Å². The Morgan fingerprint density at radius 3 is 2.89 bits per heavy atom. The molecule has 0 aromatic rings. The molecule has 0 unspecified atom stereocenters. The second-order valence-corrected chi connectivity index (χ2v) is 1.90. The molecule has 0 spiro atoms. The van der Waals surface area contributed by atoms with Crippen molar-refractivity contribution in [1.82, 2.24) is 5.48 Å². The van der Waals surface area contributed by atoms with E-state index in [1.165, 1.54) is 0 Å². The molecule has 5 nitrogen and oxygen atoms in total. The number of carbonyl (C=O) groups is 1. The van der Waals surface area contributed by atoms with Crippen molar-refractivity contribution in [2.75, 3.05) is 0 Å². The van der Waals surface area contributed by atoms with Gasteiger partial charge in [0, 0.05) is 6.42 Å². The molecular formula is C4H8N2O3.